The molecule has 0 bridgehead atoms. The summed E-state index contributed by atoms with van der Waals surface area (Å²) in [5, 5.41) is 9.15. The minimum absolute atomic E-state index is 0.0754. The second kappa shape index (κ2) is 17.1. The van der Waals surface area contributed by atoms with E-state index in [-0.39, 0.29) is 37.2 Å². The van der Waals surface area contributed by atoms with E-state index < -0.39 is 13.8 Å². The summed E-state index contributed by atoms with van der Waals surface area (Å²) in [5.74, 6) is -0.473. The summed E-state index contributed by atoms with van der Waals surface area (Å²) in [7, 11) is -4.33. The molecule has 0 fully saturated rings. The molecule has 1 aromatic carbocycles. The van der Waals surface area contributed by atoms with Crippen LogP contribution >= 0.6 is 7.82 Å². The highest BCUT2D eigenvalue weighted by Crippen LogP contribution is 2.51. The Morgan fingerprint density at radius 3 is 1.88 bits per heavy atom. The number of phosphoric acid groups is 1. The molecule has 1 N–H and O–H groups in total. The molecule has 0 saturated heterocycles. The van der Waals surface area contributed by atoms with E-state index in [1.54, 1.807) is 18.2 Å². The average molecular weight is 489 g/mol. The lowest BCUT2D eigenvalue weighted by atomic mass is 10.0. The SMILES string of the molecule is CCCCC(CC)COOP(=O)(OOCC(CC)CCCC)Oc1ccccc1CC(=O)O. The average Bonchev–Trinajstić information content (AvgIpc) is 2.79. The van der Waals surface area contributed by atoms with Crippen molar-refractivity contribution in [2.75, 3.05) is 13.2 Å². The van der Waals surface area contributed by atoms with Crippen molar-refractivity contribution in [2.45, 2.75) is 85.5 Å². The molecule has 1 rings (SSSR count). The lowest BCUT2D eigenvalue weighted by Crippen LogP contribution is -2.14. The molecule has 0 heterocycles. The third-order valence-electron chi connectivity index (χ3n) is 5.51. The van der Waals surface area contributed by atoms with E-state index in [1.165, 1.54) is 6.07 Å². The van der Waals surface area contributed by atoms with Crippen LogP contribution in [0.15, 0.2) is 24.3 Å². The zero-order valence-electron chi connectivity index (χ0n) is 20.5. The molecule has 0 aliphatic rings. The highest BCUT2D eigenvalue weighted by Gasteiger charge is 2.34. The van der Waals surface area contributed by atoms with Crippen LogP contribution in [-0.4, -0.2) is 24.3 Å². The fourth-order valence-corrected chi connectivity index (χ4v) is 4.13. The summed E-state index contributed by atoms with van der Waals surface area (Å²) in [6.07, 6.45) is 7.70. The number of carboxylic acids is 1. The van der Waals surface area contributed by atoms with Gasteiger partial charge in [0.15, 0.2) is 0 Å². The van der Waals surface area contributed by atoms with E-state index in [2.05, 4.69) is 27.7 Å². The Labute approximate surface area is 198 Å². The highest BCUT2D eigenvalue weighted by molar-refractivity contribution is 7.48. The molecule has 33 heavy (non-hydrogen) atoms. The van der Waals surface area contributed by atoms with Gasteiger partial charge in [-0.15, -0.1) is 9.35 Å². The zero-order chi connectivity index (χ0) is 24.5. The number of hydrogen-bond acceptors (Lipinski definition) is 7. The summed E-state index contributed by atoms with van der Waals surface area (Å²) >= 11 is 0. The predicted octanol–water partition coefficient (Wildman–Crippen LogP) is 7.13. The first kappa shape index (κ1) is 29.6. The van der Waals surface area contributed by atoms with Crippen molar-refractivity contribution in [3.63, 3.8) is 0 Å². The summed E-state index contributed by atoms with van der Waals surface area (Å²) in [5.41, 5.74) is 0.334. The molecule has 190 valence electrons. The standard InChI is InChI=1S/C24H41O8P/c1-5-9-13-20(7-3)18-28-31-33(27,32-29-19-21(8-4)14-10-6-2)30-23-16-12-11-15-22(23)17-24(25)26/h11-12,15-16,20-21H,5-10,13-14,17-19H2,1-4H3,(H,25,26). The number of para-hydroxylation sites is 1. The Hall–Kier alpha value is -1.44. The van der Waals surface area contributed by atoms with Gasteiger partial charge in [-0.1, -0.05) is 84.4 Å². The molecule has 0 amide bonds. The topological polar surface area (TPSA) is 101 Å². The second-order valence-corrected chi connectivity index (χ2v) is 9.64. The van der Waals surface area contributed by atoms with Crippen LogP contribution in [0, 0.1) is 11.8 Å². The van der Waals surface area contributed by atoms with Crippen LogP contribution in [0.1, 0.15) is 84.6 Å². The minimum atomic E-state index is -4.33. The van der Waals surface area contributed by atoms with Gasteiger partial charge in [-0.05, 0) is 30.7 Å². The van der Waals surface area contributed by atoms with Crippen LogP contribution in [0.2, 0.25) is 0 Å². The van der Waals surface area contributed by atoms with Crippen molar-refractivity contribution in [3.05, 3.63) is 29.8 Å². The van der Waals surface area contributed by atoms with Crippen molar-refractivity contribution >= 4 is 13.8 Å². The molecule has 0 radical (unpaired) electrons. The number of benzene rings is 1. The smallest absolute Gasteiger partial charge is 0.481 e. The van der Waals surface area contributed by atoms with Crippen LogP contribution in [-0.2, 0) is 34.9 Å². The second-order valence-electron chi connectivity index (χ2n) is 8.27. The first-order valence-corrected chi connectivity index (χ1v) is 13.5. The predicted molar refractivity (Wildman–Crippen MR) is 127 cm³/mol. The van der Waals surface area contributed by atoms with E-state index in [9.17, 15) is 9.36 Å². The first-order valence-electron chi connectivity index (χ1n) is 12.1. The van der Waals surface area contributed by atoms with Gasteiger partial charge in [-0.3, -0.25) is 4.79 Å². The van der Waals surface area contributed by atoms with Gasteiger partial charge in [0.25, 0.3) is 0 Å². The van der Waals surface area contributed by atoms with Crippen LogP contribution in [0.25, 0.3) is 0 Å². The van der Waals surface area contributed by atoms with Gasteiger partial charge in [-0.2, -0.15) is 0 Å². The molecule has 0 aromatic heterocycles. The van der Waals surface area contributed by atoms with Gasteiger partial charge in [0.2, 0.25) is 0 Å². The number of aliphatic carboxylic acids is 1. The van der Waals surface area contributed by atoms with Crippen LogP contribution in [0.4, 0.5) is 0 Å². The summed E-state index contributed by atoms with van der Waals surface area (Å²) in [4.78, 5) is 21.7. The molecule has 0 aliphatic heterocycles. The van der Waals surface area contributed by atoms with Crippen LogP contribution in [0.5, 0.6) is 5.75 Å². The van der Waals surface area contributed by atoms with Crippen LogP contribution in [0.3, 0.4) is 0 Å². The van der Waals surface area contributed by atoms with Crippen molar-refractivity contribution in [1.29, 1.82) is 0 Å². The van der Waals surface area contributed by atoms with E-state index >= 15 is 0 Å². The Morgan fingerprint density at radius 1 is 0.909 bits per heavy atom. The van der Waals surface area contributed by atoms with Crippen LogP contribution < -0.4 is 4.52 Å². The van der Waals surface area contributed by atoms with Crippen molar-refractivity contribution in [3.8, 4) is 5.75 Å². The lowest BCUT2D eigenvalue weighted by Gasteiger charge is -2.20. The fourth-order valence-electron chi connectivity index (χ4n) is 3.24. The largest absolute Gasteiger partial charge is 0.585 e. The molecular formula is C24H41O8P. The molecular weight excluding hydrogens is 447 g/mol. The Bertz CT molecular complexity index is 685. The fraction of sp³-hybridized carbons (Fsp3) is 0.708. The molecule has 2 unspecified atom stereocenters. The van der Waals surface area contributed by atoms with E-state index in [0.29, 0.717) is 5.56 Å². The van der Waals surface area contributed by atoms with Gasteiger partial charge in [-0.25, -0.2) is 14.3 Å². The molecule has 8 nitrogen and oxygen atoms in total. The maximum Gasteiger partial charge on any atom is 0.585 e. The molecule has 2 atom stereocenters. The summed E-state index contributed by atoms with van der Waals surface area (Å²) in [6, 6.07) is 6.39. The Morgan fingerprint density at radius 2 is 1.42 bits per heavy atom. The zero-order valence-corrected chi connectivity index (χ0v) is 21.4. The Kier molecular flexibility index (Phi) is 15.3. The minimum Gasteiger partial charge on any atom is -0.481 e. The molecule has 1 aromatic rings. The number of hydrogen-bond donors (Lipinski definition) is 1. The highest BCUT2D eigenvalue weighted by atomic mass is 31.2. The van der Waals surface area contributed by atoms with Crippen molar-refractivity contribution in [1.82, 2.24) is 0 Å². The van der Waals surface area contributed by atoms with Gasteiger partial charge < -0.3 is 9.63 Å². The molecule has 9 heteroatoms. The Balaban J connectivity index is 2.87. The lowest BCUT2D eigenvalue weighted by molar-refractivity contribution is -0.285. The number of carboxylic acid groups (broad SMARTS) is 1. The van der Waals surface area contributed by atoms with E-state index in [1.807, 2.05) is 0 Å². The summed E-state index contributed by atoms with van der Waals surface area (Å²) < 4.78 is 29.1. The molecule has 0 saturated carbocycles. The third-order valence-corrected chi connectivity index (χ3v) is 6.50. The molecule has 0 aliphatic carbocycles. The van der Waals surface area contributed by atoms with E-state index in [4.69, 9.17) is 28.8 Å². The number of unbranched alkanes of at least 4 members (excludes halogenated alkanes) is 2. The van der Waals surface area contributed by atoms with Gasteiger partial charge in [0.1, 0.15) is 5.75 Å². The quantitative estimate of drug-likeness (QED) is 0.117. The normalized spacial score (nSPS) is 15.0. The van der Waals surface area contributed by atoms with Gasteiger partial charge in [0, 0.05) is 5.56 Å². The third kappa shape index (κ3) is 12.6. The van der Waals surface area contributed by atoms with Crippen molar-refractivity contribution in [2.24, 2.45) is 11.8 Å². The first-order chi connectivity index (χ1) is 15.9. The molecule has 0 spiro atoms. The van der Waals surface area contributed by atoms with E-state index in [0.717, 1.165) is 51.4 Å². The number of carbonyl (C=O) groups is 1. The van der Waals surface area contributed by atoms with Crippen molar-refractivity contribution < 1.29 is 38.1 Å². The maximum absolute atomic E-state index is 13.3. The maximum atomic E-state index is 13.3. The number of rotatable bonds is 20. The van der Waals surface area contributed by atoms with Gasteiger partial charge in [0.05, 0.1) is 19.6 Å². The summed E-state index contributed by atoms with van der Waals surface area (Å²) in [6.45, 7) is 8.83. The van der Waals surface area contributed by atoms with Gasteiger partial charge >= 0.3 is 13.8 Å². The monoisotopic (exact) mass is 488 g/mol.